The van der Waals surface area contributed by atoms with E-state index in [1.54, 1.807) is 7.05 Å². The van der Waals surface area contributed by atoms with Crippen LogP contribution in [-0.4, -0.2) is 42.6 Å². The summed E-state index contributed by atoms with van der Waals surface area (Å²) >= 11 is 0. The van der Waals surface area contributed by atoms with Crippen LogP contribution < -0.4 is 10.6 Å². The van der Waals surface area contributed by atoms with Gasteiger partial charge >= 0.3 is 0 Å². The predicted octanol–water partition coefficient (Wildman–Crippen LogP) is 1.49. The molecule has 1 aromatic carbocycles. The molecule has 1 saturated heterocycles. The summed E-state index contributed by atoms with van der Waals surface area (Å²) in [4.78, 5) is 14.2. The molecule has 6 nitrogen and oxygen atoms in total. The van der Waals surface area contributed by atoms with E-state index < -0.39 is 0 Å². The highest BCUT2D eigenvalue weighted by molar-refractivity contribution is 5.94. The molecule has 0 bridgehead atoms. The molecule has 2 aromatic rings. The smallest absolute Gasteiger partial charge is 0.251 e. The van der Waals surface area contributed by atoms with Gasteiger partial charge in [0.25, 0.3) is 5.91 Å². The molecule has 2 heterocycles. The number of piperazine rings is 1. The summed E-state index contributed by atoms with van der Waals surface area (Å²) in [5.41, 5.74) is 2.77. The van der Waals surface area contributed by atoms with Gasteiger partial charge in [-0.2, -0.15) is 0 Å². The maximum Gasteiger partial charge on any atom is 0.251 e. The Morgan fingerprint density at radius 1 is 1.48 bits per heavy atom. The fraction of sp³-hybridized carbons (Fsp3) is 0.412. The lowest BCUT2D eigenvalue weighted by molar-refractivity contribution is 0.0962. The van der Waals surface area contributed by atoms with E-state index in [9.17, 15) is 4.79 Å². The first-order valence-electron chi connectivity index (χ1n) is 7.86. The molecule has 23 heavy (non-hydrogen) atoms. The highest BCUT2D eigenvalue weighted by Gasteiger charge is 2.25. The van der Waals surface area contributed by atoms with Crippen LogP contribution in [0.15, 0.2) is 34.9 Å². The summed E-state index contributed by atoms with van der Waals surface area (Å²) in [6, 6.07) is 10.0. The van der Waals surface area contributed by atoms with Gasteiger partial charge in [-0.1, -0.05) is 17.3 Å². The molecule has 6 heteroatoms. The van der Waals surface area contributed by atoms with E-state index in [4.69, 9.17) is 4.52 Å². The van der Waals surface area contributed by atoms with E-state index in [0.717, 1.165) is 43.2 Å². The summed E-state index contributed by atoms with van der Waals surface area (Å²) in [5.74, 6) is 0.766. The topological polar surface area (TPSA) is 70.4 Å². The molecule has 1 aliphatic heterocycles. The maximum atomic E-state index is 11.9. The summed E-state index contributed by atoms with van der Waals surface area (Å²) in [6.45, 7) is 5.38. The number of aromatic nitrogens is 1. The lowest BCUT2D eigenvalue weighted by atomic mass is 10.0. The van der Waals surface area contributed by atoms with Gasteiger partial charge in [0.2, 0.25) is 0 Å². The number of amides is 1. The largest absolute Gasteiger partial charge is 0.361 e. The van der Waals surface area contributed by atoms with Gasteiger partial charge in [-0.15, -0.1) is 0 Å². The number of hydrogen-bond donors (Lipinski definition) is 2. The van der Waals surface area contributed by atoms with Gasteiger partial charge in [0, 0.05) is 50.9 Å². The van der Waals surface area contributed by atoms with Gasteiger partial charge < -0.3 is 15.2 Å². The molecule has 1 atom stereocenters. The Kier molecular flexibility index (Phi) is 4.73. The first-order valence-corrected chi connectivity index (χ1v) is 7.86. The van der Waals surface area contributed by atoms with Crippen LogP contribution in [0.5, 0.6) is 0 Å². The van der Waals surface area contributed by atoms with E-state index in [0.29, 0.717) is 5.56 Å². The molecule has 1 unspecified atom stereocenters. The summed E-state index contributed by atoms with van der Waals surface area (Å²) in [7, 11) is 1.65. The Bertz CT molecular complexity index is 683. The second-order valence-electron chi connectivity index (χ2n) is 5.82. The molecule has 2 N–H and O–H groups in total. The normalized spacial score (nSPS) is 18.8. The summed E-state index contributed by atoms with van der Waals surface area (Å²) in [6.07, 6.45) is 0. The van der Waals surface area contributed by atoms with Crippen molar-refractivity contribution in [1.29, 1.82) is 0 Å². The number of nitrogens with zero attached hydrogens (tertiary/aromatic N) is 2. The third-order valence-electron chi connectivity index (χ3n) is 4.16. The fourth-order valence-corrected chi connectivity index (χ4v) is 3.00. The van der Waals surface area contributed by atoms with Crippen molar-refractivity contribution in [3.63, 3.8) is 0 Å². The van der Waals surface area contributed by atoms with E-state index >= 15 is 0 Å². The summed E-state index contributed by atoms with van der Waals surface area (Å²) in [5, 5.41) is 10.2. The molecule has 3 rings (SSSR count). The Labute approximate surface area is 135 Å². The van der Waals surface area contributed by atoms with Crippen molar-refractivity contribution in [2.75, 3.05) is 26.7 Å². The fourth-order valence-electron chi connectivity index (χ4n) is 3.00. The van der Waals surface area contributed by atoms with Gasteiger partial charge in [0.1, 0.15) is 5.76 Å². The van der Waals surface area contributed by atoms with Crippen LogP contribution in [0.3, 0.4) is 0 Å². The monoisotopic (exact) mass is 314 g/mol. The molecule has 1 aromatic heterocycles. The zero-order chi connectivity index (χ0) is 16.2. The van der Waals surface area contributed by atoms with Crippen molar-refractivity contribution >= 4 is 5.91 Å². The number of aryl methyl sites for hydroxylation is 1. The molecule has 0 aliphatic carbocycles. The third-order valence-corrected chi connectivity index (χ3v) is 4.16. The van der Waals surface area contributed by atoms with Gasteiger partial charge in [-0.05, 0) is 24.6 Å². The van der Waals surface area contributed by atoms with Crippen molar-refractivity contribution in [3.8, 4) is 0 Å². The minimum Gasteiger partial charge on any atom is -0.361 e. The molecule has 1 amide bonds. The molecule has 0 radical (unpaired) electrons. The first kappa shape index (κ1) is 15.7. The van der Waals surface area contributed by atoms with Crippen LogP contribution in [0, 0.1) is 6.92 Å². The van der Waals surface area contributed by atoms with Crippen molar-refractivity contribution in [1.82, 2.24) is 20.7 Å². The quantitative estimate of drug-likeness (QED) is 0.895. The van der Waals surface area contributed by atoms with Crippen molar-refractivity contribution < 1.29 is 9.32 Å². The van der Waals surface area contributed by atoms with Crippen molar-refractivity contribution in [2.45, 2.75) is 19.5 Å². The average Bonchev–Trinajstić information content (AvgIpc) is 2.99. The highest BCUT2D eigenvalue weighted by atomic mass is 16.5. The average molecular weight is 314 g/mol. The second-order valence-corrected chi connectivity index (χ2v) is 5.82. The second kappa shape index (κ2) is 6.93. The van der Waals surface area contributed by atoms with Crippen molar-refractivity contribution in [3.05, 3.63) is 52.9 Å². The number of hydrogen-bond acceptors (Lipinski definition) is 5. The third kappa shape index (κ3) is 3.60. The Hall–Kier alpha value is -2.18. The standard InChI is InChI=1S/C17H22N4O2/c1-12-8-15(20-23-12)11-21-7-6-19-10-16(21)13-4-3-5-14(9-13)17(22)18-2/h3-5,8-9,16,19H,6-7,10-11H2,1-2H3,(H,18,22). The van der Waals surface area contributed by atoms with Crippen LogP contribution >= 0.6 is 0 Å². The van der Waals surface area contributed by atoms with Gasteiger partial charge in [-0.25, -0.2) is 0 Å². The minimum absolute atomic E-state index is 0.0608. The Balaban J connectivity index is 1.82. The van der Waals surface area contributed by atoms with E-state index in [1.807, 2.05) is 31.2 Å². The number of carbonyl (C=O) groups excluding carboxylic acids is 1. The van der Waals surface area contributed by atoms with E-state index in [-0.39, 0.29) is 11.9 Å². The lowest BCUT2D eigenvalue weighted by Gasteiger charge is -2.36. The number of nitrogens with one attached hydrogen (secondary N) is 2. The van der Waals surface area contributed by atoms with Crippen LogP contribution in [0.1, 0.15) is 33.4 Å². The molecular weight excluding hydrogens is 292 g/mol. The maximum absolute atomic E-state index is 11.9. The zero-order valence-corrected chi connectivity index (χ0v) is 13.5. The van der Waals surface area contributed by atoms with Crippen LogP contribution in [0.25, 0.3) is 0 Å². The van der Waals surface area contributed by atoms with Crippen LogP contribution in [-0.2, 0) is 6.54 Å². The van der Waals surface area contributed by atoms with Crippen LogP contribution in [0.2, 0.25) is 0 Å². The van der Waals surface area contributed by atoms with Gasteiger partial charge in [-0.3, -0.25) is 9.69 Å². The zero-order valence-electron chi connectivity index (χ0n) is 13.5. The molecule has 1 aliphatic rings. The number of rotatable bonds is 4. The molecule has 1 fully saturated rings. The predicted molar refractivity (Wildman–Crippen MR) is 87.1 cm³/mol. The van der Waals surface area contributed by atoms with E-state index in [1.165, 1.54) is 0 Å². The van der Waals surface area contributed by atoms with Gasteiger partial charge in [0.15, 0.2) is 0 Å². The molecule has 0 saturated carbocycles. The number of carbonyl (C=O) groups is 1. The highest BCUT2D eigenvalue weighted by Crippen LogP contribution is 2.25. The van der Waals surface area contributed by atoms with Gasteiger partial charge in [0.05, 0.1) is 5.69 Å². The Morgan fingerprint density at radius 3 is 3.09 bits per heavy atom. The molecular formula is C17H22N4O2. The van der Waals surface area contributed by atoms with E-state index in [2.05, 4.69) is 26.8 Å². The van der Waals surface area contributed by atoms with Crippen LogP contribution in [0.4, 0.5) is 0 Å². The Morgan fingerprint density at radius 2 is 2.35 bits per heavy atom. The molecule has 0 spiro atoms. The lowest BCUT2D eigenvalue weighted by Crippen LogP contribution is -2.45. The summed E-state index contributed by atoms with van der Waals surface area (Å²) < 4.78 is 5.17. The number of benzene rings is 1. The SMILES string of the molecule is CNC(=O)c1cccc(C2CNCCN2Cc2cc(C)on2)c1. The first-order chi connectivity index (χ1) is 11.2. The molecule has 122 valence electrons. The van der Waals surface area contributed by atoms with Crippen molar-refractivity contribution in [2.24, 2.45) is 0 Å². The minimum atomic E-state index is -0.0608.